The zero-order valence-corrected chi connectivity index (χ0v) is 17.0. The lowest BCUT2D eigenvalue weighted by molar-refractivity contribution is -0.0880. The van der Waals surface area contributed by atoms with Gasteiger partial charge in [0.05, 0.1) is 0 Å². The number of hydrogen-bond acceptors (Lipinski definition) is 0. The molecule has 3 rings (SSSR count). The van der Waals surface area contributed by atoms with Crippen molar-refractivity contribution in [3.05, 3.63) is 0 Å². The molecular formula is C23H42. The lowest BCUT2D eigenvalue weighted by atomic mass is 9.47. The topological polar surface area (TPSA) is 0 Å². The van der Waals surface area contributed by atoms with Gasteiger partial charge in [-0.3, -0.25) is 0 Å². The van der Waals surface area contributed by atoms with Crippen molar-refractivity contribution in [1.29, 1.82) is 0 Å². The van der Waals surface area contributed by atoms with Crippen molar-refractivity contribution in [2.75, 3.05) is 0 Å². The van der Waals surface area contributed by atoms with Crippen molar-refractivity contribution in [3.63, 3.8) is 0 Å². The molecule has 23 heavy (non-hydrogen) atoms. The average molecular weight is 319 g/mol. The molecule has 0 aromatic heterocycles. The Balaban J connectivity index is 1.93. The molecule has 0 N–H and O–H groups in total. The summed E-state index contributed by atoms with van der Waals surface area (Å²) in [6.45, 7) is 17.9. The third-order valence-electron chi connectivity index (χ3n) is 9.67. The first-order valence-electron chi connectivity index (χ1n) is 10.7. The molecule has 0 heteroatoms. The zero-order chi connectivity index (χ0) is 17.0. The predicted molar refractivity (Wildman–Crippen MR) is 101 cm³/mol. The van der Waals surface area contributed by atoms with Crippen molar-refractivity contribution in [3.8, 4) is 0 Å². The van der Waals surface area contributed by atoms with Gasteiger partial charge in [-0.05, 0) is 77.9 Å². The van der Waals surface area contributed by atoms with Gasteiger partial charge >= 0.3 is 0 Å². The smallest absolute Gasteiger partial charge is 0.0243 e. The molecule has 0 aromatic carbocycles. The minimum absolute atomic E-state index is 0.494. The van der Waals surface area contributed by atoms with Gasteiger partial charge < -0.3 is 0 Å². The molecule has 7 atom stereocenters. The monoisotopic (exact) mass is 318 g/mol. The molecular weight excluding hydrogens is 276 g/mol. The summed E-state index contributed by atoms with van der Waals surface area (Å²) in [6.07, 6.45) is 11.7. The van der Waals surface area contributed by atoms with Crippen molar-refractivity contribution in [2.45, 2.75) is 99.8 Å². The number of hydrogen-bond donors (Lipinski definition) is 0. The Kier molecular flexibility index (Phi) is 4.47. The summed E-state index contributed by atoms with van der Waals surface area (Å²) in [5.41, 5.74) is 1.73. The third kappa shape index (κ3) is 2.36. The van der Waals surface area contributed by atoms with Crippen LogP contribution in [0.4, 0.5) is 0 Å². The molecule has 0 radical (unpaired) electrons. The normalized spacial score (nSPS) is 49.4. The van der Waals surface area contributed by atoms with Crippen LogP contribution in [-0.2, 0) is 0 Å². The summed E-state index contributed by atoms with van der Waals surface area (Å²) in [5, 5.41) is 0. The van der Waals surface area contributed by atoms with Gasteiger partial charge in [0.1, 0.15) is 0 Å². The van der Waals surface area contributed by atoms with E-state index in [0.717, 1.165) is 29.6 Å². The summed E-state index contributed by atoms with van der Waals surface area (Å²) in [7, 11) is 0. The van der Waals surface area contributed by atoms with Crippen molar-refractivity contribution in [2.24, 2.45) is 45.8 Å². The van der Waals surface area contributed by atoms with Crippen LogP contribution >= 0.6 is 0 Å². The number of rotatable bonds is 5. The summed E-state index contributed by atoms with van der Waals surface area (Å²) >= 11 is 0. The van der Waals surface area contributed by atoms with E-state index in [-0.39, 0.29) is 0 Å². The van der Waals surface area contributed by atoms with Gasteiger partial charge in [-0.25, -0.2) is 0 Å². The van der Waals surface area contributed by atoms with Gasteiger partial charge in [-0.2, -0.15) is 0 Å². The lowest BCUT2D eigenvalue weighted by Crippen LogP contribution is -2.50. The van der Waals surface area contributed by atoms with Crippen LogP contribution in [0.1, 0.15) is 99.8 Å². The average Bonchev–Trinajstić information content (AvgIpc) is 2.94. The maximum absolute atomic E-state index is 2.69. The second-order valence-electron chi connectivity index (χ2n) is 10.8. The van der Waals surface area contributed by atoms with Crippen molar-refractivity contribution < 1.29 is 0 Å². The minimum Gasteiger partial charge on any atom is -0.0654 e. The van der Waals surface area contributed by atoms with Crippen LogP contribution in [0.3, 0.4) is 0 Å². The largest absolute Gasteiger partial charge is 0.0654 e. The highest BCUT2D eigenvalue weighted by atomic mass is 14.7. The van der Waals surface area contributed by atoms with Gasteiger partial charge in [0, 0.05) is 0 Å². The van der Waals surface area contributed by atoms with E-state index in [9.17, 15) is 0 Å². The van der Waals surface area contributed by atoms with Gasteiger partial charge in [0.15, 0.2) is 0 Å². The molecule has 3 aliphatic carbocycles. The maximum Gasteiger partial charge on any atom is -0.0243 e. The quantitative estimate of drug-likeness (QED) is 0.498. The molecule has 0 bridgehead atoms. The van der Waals surface area contributed by atoms with Crippen molar-refractivity contribution >= 4 is 0 Å². The van der Waals surface area contributed by atoms with Crippen LogP contribution in [0.5, 0.6) is 0 Å². The van der Waals surface area contributed by atoms with E-state index in [1.807, 2.05) is 0 Å². The summed E-state index contributed by atoms with van der Waals surface area (Å²) in [4.78, 5) is 0. The van der Waals surface area contributed by atoms with E-state index in [1.165, 1.54) is 44.9 Å². The molecule has 0 spiro atoms. The fourth-order valence-corrected chi connectivity index (χ4v) is 7.99. The predicted octanol–water partition coefficient (Wildman–Crippen LogP) is 7.33. The van der Waals surface area contributed by atoms with E-state index in [1.54, 1.807) is 6.42 Å². The molecule has 7 unspecified atom stereocenters. The highest BCUT2D eigenvalue weighted by Crippen LogP contribution is 2.72. The van der Waals surface area contributed by atoms with E-state index in [2.05, 4.69) is 48.5 Å². The van der Waals surface area contributed by atoms with Crippen LogP contribution in [0.15, 0.2) is 0 Å². The molecule has 3 aliphatic rings. The van der Waals surface area contributed by atoms with E-state index < -0.39 is 0 Å². The van der Waals surface area contributed by atoms with Gasteiger partial charge in [0.25, 0.3) is 0 Å². The third-order valence-corrected chi connectivity index (χ3v) is 9.67. The first-order valence-corrected chi connectivity index (χ1v) is 10.7. The second kappa shape index (κ2) is 5.77. The van der Waals surface area contributed by atoms with Crippen LogP contribution in [0.25, 0.3) is 0 Å². The Morgan fingerprint density at radius 3 is 2.39 bits per heavy atom. The Bertz CT molecular complexity index is 435. The second-order valence-corrected chi connectivity index (χ2v) is 10.8. The highest BCUT2D eigenvalue weighted by Gasteiger charge is 2.65. The fraction of sp³-hybridized carbons (Fsp3) is 1.00. The van der Waals surface area contributed by atoms with Crippen molar-refractivity contribution in [1.82, 2.24) is 0 Å². The summed E-state index contributed by atoms with van der Waals surface area (Å²) in [6, 6.07) is 0. The molecule has 3 saturated carbocycles. The Morgan fingerprint density at radius 1 is 1.09 bits per heavy atom. The first kappa shape index (κ1) is 17.8. The maximum atomic E-state index is 2.69. The van der Waals surface area contributed by atoms with Gasteiger partial charge in [-0.15, -0.1) is 0 Å². The summed E-state index contributed by atoms with van der Waals surface area (Å²) < 4.78 is 0. The van der Waals surface area contributed by atoms with Crippen LogP contribution < -0.4 is 0 Å². The van der Waals surface area contributed by atoms with E-state index in [4.69, 9.17) is 0 Å². The lowest BCUT2D eigenvalue weighted by Gasteiger charge is -2.57. The summed E-state index contributed by atoms with van der Waals surface area (Å²) in [5.74, 6) is 5.03. The first-order chi connectivity index (χ1) is 10.7. The Labute approximate surface area is 146 Å². The molecule has 0 heterocycles. The van der Waals surface area contributed by atoms with E-state index in [0.29, 0.717) is 16.2 Å². The molecule has 0 amide bonds. The van der Waals surface area contributed by atoms with Crippen LogP contribution in [0, 0.1) is 45.8 Å². The molecule has 134 valence electrons. The van der Waals surface area contributed by atoms with E-state index >= 15 is 0 Å². The minimum atomic E-state index is 0.494. The van der Waals surface area contributed by atoms with Gasteiger partial charge in [-0.1, -0.05) is 67.7 Å². The Morgan fingerprint density at radius 2 is 1.78 bits per heavy atom. The van der Waals surface area contributed by atoms with Crippen LogP contribution in [-0.4, -0.2) is 0 Å². The fourth-order valence-electron chi connectivity index (χ4n) is 7.99. The molecule has 0 nitrogen and oxygen atoms in total. The highest BCUT2D eigenvalue weighted by molar-refractivity contribution is 5.13. The molecule has 0 aromatic rings. The van der Waals surface area contributed by atoms with Gasteiger partial charge in [0.2, 0.25) is 0 Å². The Hall–Kier alpha value is 0. The zero-order valence-electron chi connectivity index (χ0n) is 17.0. The van der Waals surface area contributed by atoms with Crippen LogP contribution in [0.2, 0.25) is 0 Å². The SMILES string of the molecule is CCCC1CC2C3C(CCC13C)CC(C)(C(C)(C)CCC)C2C. The standard InChI is InChI=1S/C23H42/c1-8-10-18-14-19-16(3)23(7,21(4,5)12-9-2)15-17-11-13-22(18,6)20(17)19/h16-20H,8-15H2,1-7H3. The molecule has 3 fully saturated rings. The molecule has 0 saturated heterocycles. The molecule has 0 aliphatic heterocycles.